The fraction of sp³-hybridized carbons (Fsp3) is 0.559. The van der Waals surface area contributed by atoms with E-state index in [1.165, 1.54) is 0 Å². The van der Waals surface area contributed by atoms with Gasteiger partial charge in [0, 0.05) is 22.5 Å². The van der Waals surface area contributed by atoms with Crippen LogP contribution in [0.4, 0.5) is 0 Å². The van der Waals surface area contributed by atoms with Crippen molar-refractivity contribution in [2.45, 2.75) is 99.6 Å². The molecule has 0 N–H and O–H groups in total. The van der Waals surface area contributed by atoms with Crippen molar-refractivity contribution in [3.63, 3.8) is 0 Å². The van der Waals surface area contributed by atoms with Crippen molar-refractivity contribution in [1.29, 1.82) is 0 Å². The van der Waals surface area contributed by atoms with E-state index in [0.29, 0.717) is 23.1 Å². The van der Waals surface area contributed by atoms with Crippen LogP contribution in [0.25, 0.3) is 0 Å². The Bertz CT molecular complexity index is 1690. The molecule has 6 unspecified atom stereocenters. The van der Waals surface area contributed by atoms with Gasteiger partial charge in [0.1, 0.15) is 28.1 Å². The lowest BCUT2D eigenvalue weighted by Crippen LogP contribution is -2.44. The number of rotatable bonds is 7. The fourth-order valence-corrected chi connectivity index (χ4v) is 12.4. The Labute approximate surface area is 315 Å². The highest BCUT2D eigenvalue weighted by Crippen LogP contribution is 2.59. The van der Waals surface area contributed by atoms with E-state index in [9.17, 15) is 27.4 Å². The number of carbonyl (C=O) groups is 3. The van der Waals surface area contributed by atoms with E-state index in [4.69, 9.17) is 14.2 Å². The van der Waals surface area contributed by atoms with E-state index in [2.05, 4.69) is 67.8 Å². The SMILES string of the molecule is O=C(OC1C2CC3C1OC(=O)C3C2C(=O)Oc1cc(C2CCCCC2)c(S(=O)(=O)[O-])c(C2CCCCC2)c1)c1cc(I)cc(I)c1I. The molecule has 4 aliphatic carbocycles. The smallest absolute Gasteiger partial charge is 0.339 e. The van der Waals surface area contributed by atoms with Gasteiger partial charge in [-0.05, 0) is 147 Å². The zero-order valence-corrected chi connectivity index (χ0v) is 32.7. The molecule has 0 spiro atoms. The van der Waals surface area contributed by atoms with Gasteiger partial charge in [-0.3, -0.25) is 9.59 Å². The summed E-state index contributed by atoms with van der Waals surface area (Å²) < 4.78 is 58.9. The van der Waals surface area contributed by atoms with Crippen molar-refractivity contribution in [2.24, 2.45) is 23.7 Å². The maximum atomic E-state index is 14.1. The van der Waals surface area contributed by atoms with Gasteiger partial charge in [-0.2, -0.15) is 0 Å². The minimum atomic E-state index is -4.80. The second-order valence-electron chi connectivity index (χ2n) is 13.6. The molecule has 7 rings (SSSR count). The zero-order valence-electron chi connectivity index (χ0n) is 25.4. The first-order chi connectivity index (χ1) is 22.4. The molecule has 13 heteroatoms. The van der Waals surface area contributed by atoms with Gasteiger partial charge in [0.25, 0.3) is 0 Å². The summed E-state index contributed by atoms with van der Waals surface area (Å²) in [6, 6.07) is 6.87. The topological polar surface area (TPSA) is 136 Å². The van der Waals surface area contributed by atoms with E-state index in [-0.39, 0.29) is 28.4 Å². The van der Waals surface area contributed by atoms with Gasteiger partial charge in [0.15, 0.2) is 0 Å². The molecule has 47 heavy (non-hydrogen) atoms. The Morgan fingerprint density at radius 3 is 2.02 bits per heavy atom. The van der Waals surface area contributed by atoms with Crippen LogP contribution in [0.1, 0.15) is 104 Å². The van der Waals surface area contributed by atoms with Crippen LogP contribution < -0.4 is 4.74 Å². The summed E-state index contributed by atoms with van der Waals surface area (Å²) in [7, 11) is -4.80. The molecular weight excluding hydrogens is 965 g/mol. The number of esters is 3. The predicted octanol–water partition coefficient (Wildman–Crippen LogP) is 7.44. The quantitative estimate of drug-likeness (QED) is 0.0913. The zero-order chi connectivity index (χ0) is 33.2. The van der Waals surface area contributed by atoms with Crippen LogP contribution in [0, 0.1) is 34.4 Å². The third-order valence-electron chi connectivity index (χ3n) is 11.0. The number of halogens is 3. The minimum absolute atomic E-state index is 0.118. The van der Waals surface area contributed by atoms with Gasteiger partial charge < -0.3 is 18.8 Å². The van der Waals surface area contributed by atoms with E-state index in [0.717, 1.165) is 74.9 Å². The molecule has 5 aliphatic rings. The average molecular weight is 999 g/mol. The molecule has 0 radical (unpaired) electrons. The second kappa shape index (κ2) is 13.6. The Balaban J connectivity index is 1.21. The van der Waals surface area contributed by atoms with Crippen LogP contribution in [0.15, 0.2) is 29.2 Å². The highest BCUT2D eigenvalue weighted by atomic mass is 127. The van der Waals surface area contributed by atoms with Gasteiger partial charge >= 0.3 is 17.9 Å². The second-order valence-corrected chi connectivity index (χ2v) is 18.4. The molecule has 5 fully saturated rings. The van der Waals surface area contributed by atoms with Crippen molar-refractivity contribution < 1.29 is 41.6 Å². The Morgan fingerprint density at radius 2 is 1.45 bits per heavy atom. The van der Waals surface area contributed by atoms with Gasteiger partial charge in [-0.1, -0.05) is 38.5 Å². The van der Waals surface area contributed by atoms with Crippen LogP contribution in [-0.4, -0.2) is 43.1 Å². The summed E-state index contributed by atoms with van der Waals surface area (Å²) in [6.07, 6.45) is 7.98. The molecular formula is C34H34I3O9S-. The molecule has 0 aromatic heterocycles. The van der Waals surface area contributed by atoms with Crippen LogP contribution in [0.3, 0.4) is 0 Å². The van der Waals surface area contributed by atoms with Crippen molar-refractivity contribution in [3.05, 3.63) is 51.7 Å². The summed E-state index contributed by atoms with van der Waals surface area (Å²) in [4.78, 5) is 40.5. The average Bonchev–Trinajstić information content (AvgIpc) is 3.67. The van der Waals surface area contributed by atoms with Gasteiger partial charge in [-0.25, -0.2) is 13.2 Å². The molecule has 2 aromatic rings. The van der Waals surface area contributed by atoms with Crippen molar-refractivity contribution in [1.82, 2.24) is 0 Å². The van der Waals surface area contributed by atoms with Crippen molar-refractivity contribution in [3.8, 4) is 5.75 Å². The number of fused-ring (bicyclic) bond motifs is 1. The van der Waals surface area contributed by atoms with Gasteiger partial charge in [-0.15, -0.1) is 0 Å². The number of hydrogen-bond acceptors (Lipinski definition) is 9. The molecule has 1 saturated heterocycles. The molecule has 2 aromatic carbocycles. The molecule has 4 saturated carbocycles. The lowest BCUT2D eigenvalue weighted by Gasteiger charge is -2.32. The van der Waals surface area contributed by atoms with Crippen LogP contribution in [0.2, 0.25) is 0 Å². The lowest BCUT2D eigenvalue weighted by atomic mass is 9.78. The summed E-state index contributed by atoms with van der Waals surface area (Å²) in [6.45, 7) is 0. The molecule has 1 heterocycles. The molecule has 9 nitrogen and oxygen atoms in total. The van der Waals surface area contributed by atoms with Gasteiger partial charge in [0.2, 0.25) is 0 Å². The van der Waals surface area contributed by atoms with E-state index in [1.54, 1.807) is 18.2 Å². The van der Waals surface area contributed by atoms with Crippen LogP contribution >= 0.6 is 67.8 Å². The molecule has 0 amide bonds. The third kappa shape index (κ3) is 6.50. The summed E-state index contributed by atoms with van der Waals surface area (Å²) in [5.41, 5.74) is 1.32. The maximum absolute atomic E-state index is 14.1. The first-order valence-electron chi connectivity index (χ1n) is 16.3. The van der Waals surface area contributed by atoms with Crippen LogP contribution in [-0.2, 0) is 29.2 Å². The molecule has 6 atom stereocenters. The van der Waals surface area contributed by atoms with Gasteiger partial charge in [0.05, 0.1) is 22.3 Å². The molecule has 252 valence electrons. The lowest BCUT2D eigenvalue weighted by molar-refractivity contribution is -0.149. The normalized spacial score (nSPS) is 29.1. The van der Waals surface area contributed by atoms with E-state index < -0.39 is 58.0 Å². The number of ether oxygens (including phenoxy) is 3. The predicted molar refractivity (Wildman–Crippen MR) is 194 cm³/mol. The first-order valence-corrected chi connectivity index (χ1v) is 21.0. The van der Waals surface area contributed by atoms with E-state index >= 15 is 0 Å². The van der Waals surface area contributed by atoms with Crippen molar-refractivity contribution >= 4 is 95.8 Å². The first kappa shape index (κ1) is 34.4. The Morgan fingerprint density at radius 1 is 0.851 bits per heavy atom. The number of carbonyl (C=O) groups excluding carboxylic acids is 3. The number of benzene rings is 2. The van der Waals surface area contributed by atoms with Crippen LogP contribution in [0.5, 0.6) is 5.75 Å². The largest absolute Gasteiger partial charge is 0.744 e. The summed E-state index contributed by atoms with van der Waals surface area (Å²) >= 11 is 6.44. The third-order valence-corrected chi connectivity index (χ3v) is 15.6. The monoisotopic (exact) mass is 999 g/mol. The highest BCUT2D eigenvalue weighted by Gasteiger charge is 2.70. The van der Waals surface area contributed by atoms with Crippen molar-refractivity contribution in [2.75, 3.05) is 0 Å². The summed E-state index contributed by atoms with van der Waals surface area (Å²) in [5, 5.41) is 0. The molecule has 1 aliphatic heterocycles. The minimum Gasteiger partial charge on any atom is -0.744 e. The Kier molecular flexibility index (Phi) is 9.94. The molecule has 2 bridgehead atoms. The fourth-order valence-electron chi connectivity index (χ4n) is 8.97. The van der Waals surface area contributed by atoms with E-state index in [1.807, 2.05) is 6.07 Å². The Hall–Kier alpha value is -1.05. The highest BCUT2D eigenvalue weighted by molar-refractivity contribution is 14.1. The summed E-state index contributed by atoms with van der Waals surface area (Å²) in [5.74, 6) is -3.97. The number of hydrogen-bond donors (Lipinski definition) is 0. The standard InChI is InChI=1S/C34H35I3O9S/c35-18-11-24(28(37)25(36)12-18)32(38)45-29-22-15-23-27(34(40)46-30(23)29)26(22)33(39)44-19-13-20(16-7-3-1-4-8-16)31(47(41,42)43)21(14-19)17-9-5-2-6-10-17/h11-14,16-17,22-23,26-27,29-30H,1-10,15H2,(H,41,42,43)/p-1. The maximum Gasteiger partial charge on any atom is 0.339 e.